The first kappa shape index (κ1) is 31.7. The van der Waals surface area contributed by atoms with E-state index in [2.05, 4.69) is 57.1 Å². The zero-order valence-corrected chi connectivity index (χ0v) is 27.0. The van der Waals surface area contributed by atoms with Gasteiger partial charge >= 0.3 is 0 Å². The Kier molecular flexibility index (Phi) is 9.67. The molecule has 8 heteroatoms. The predicted octanol–water partition coefficient (Wildman–Crippen LogP) is 4.96. The summed E-state index contributed by atoms with van der Waals surface area (Å²) in [5.41, 5.74) is 0.751. The molecule has 3 aliphatic heterocycles. The van der Waals surface area contributed by atoms with Gasteiger partial charge in [-0.25, -0.2) is 0 Å². The van der Waals surface area contributed by atoms with Crippen molar-refractivity contribution >= 4 is 23.4 Å². The number of amides is 3. The molecule has 2 saturated heterocycles. The second kappa shape index (κ2) is 13.1. The quantitative estimate of drug-likeness (QED) is 0.335. The standard InChI is InChI=1S/C35H52N4O4/c1-7-18-38(19-8-2)20-21-39-31(33(41)37-27-11-9-10-23(5)24(27)6)35-17-16-28(43-35)29(30(35)34(39)42)32(40)36-26-14-12-25(13-15-26)22(3)4/h12-17,22-24,27-31H,7-11,18-21H2,1-6H3,(H,36,40)(H,37,41)/t23-,24+,27+,28+,29+,30+,31-,35-/m0/s1. The molecule has 0 unspecified atom stereocenters. The molecule has 0 aromatic heterocycles. The molecule has 3 heterocycles. The molecular weight excluding hydrogens is 540 g/mol. The lowest BCUT2D eigenvalue weighted by Gasteiger charge is -2.38. The topological polar surface area (TPSA) is 91.0 Å². The molecule has 2 N–H and O–H groups in total. The van der Waals surface area contributed by atoms with Crippen molar-refractivity contribution in [2.75, 3.05) is 31.5 Å². The van der Waals surface area contributed by atoms with Crippen molar-refractivity contribution in [3.63, 3.8) is 0 Å². The van der Waals surface area contributed by atoms with Gasteiger partial charge in [-0.2, -0.15) is 0 Å². The van der Waals surface area contributed by atoms with E-state index in [1.807, 2.05) is 36.4 Å². The van der Waals surface area contributed by atoms with Gasteiger partial charge in [0.15, 0.2) is 0 Å². The number of nitrogens with one attached hydrogen (secondary N) is 2. The van der Waals surface area contributed by atoms with Gasteiger partial charge in [-0.15, -0.1) is 0 Å². The molecule has 2 bridgehead atoms. The Hall–Kier alpha value is -2.71. The number of hydrogen-bond acceptors (Lipinski definition) is 5. The minimum Gasteiger partial charge on any atom is -0.359 e. The average molecular weight is 593 g/mol. The Labute approximate surface area is 258 Å². The van der Waals surface area contributed by atoms with Crippen LogP contribution in [0.5, 0.6) is 0 Å². The molecule has 1 aromatic rings. The van der Waals surface area contributed by atoms with Crippen LogP contribution in [0.2, 0.25) is 0 Å². The number of carbonyl (C=O) groups excluding carboxylic acids is 3. The number of anilines is 1. The van der Waals surface area contributed by atoms with Crippen LogP contribution in [-0.4, -0.2) is 77.5 Å². The number of nitrogens with zero attached hydrogens (tertiary/aromatic N) is 2. The van der Waals surface area contributed by atoms with Crippen molar-refractivity contribution < 1.29 is 19.1 Å². The highest BCUT2D eigenvalue weighted by molar-refractivity contribution is 6.02. The van der Waals surface area contributed by atoms with E-state index in [4.69, 9.17) is 4.74 Å². The lowest BCUT2D eigenvalue weighted by Crippen LogP contribution is -2.58. The van der Waals surface area contributed by atoms with Gasteiger partial charge in [0.25, 0.3) is 0 Å². The van der Waals surface area contributed by atoms with Crippen molar-refractivity contribution in [2.24, 2.45) is 23.7 Å². The van der Waals surface area contributed by atoms with Crippen LogP contribution in [0.4, 0.5) is 5.69 Å². The van der Waals surface area contributed by atoms with Crippen molar-refractivity contribution in [1.82, 2.24) is 15.1 Å². The number of fused-ring (bicyclic) bond motifs is 1. The summed E-state index contributed by atoms with van der Waals surface area (Å²) in [6.45, 7) is 16.1. The number of ether oxygens (including phenoxy) is 1. The van der Waals surface area contributed by atoms with Crippen LogP contribution < -0.4 is 10.6 Å². The summed E-state index contributed by atoms with van der Waals surface area (Å²) in [7, 11) is 0. The molecule has 0 radical (unpaired) electrons. The number of carbonyl (C=O) groups is 3. The lowest BCUT2D eigenvalue weighted by molar-refractivity contribution is -0.141. The van der Waals surface area contributed by atoms with E-state index in [-0.39, 0.29) is 23.8 Å². The van der Waals surface area contributed by atoms with Crippen molar-refractivity contribution in [3.05, 3.63) is 42.0 Å². The molecular formula is C35H52N4O4. The second-order valence-electron chi connectivity index (χ2n) is 13.7. The molecule has 1 aromatic carbocycles. The first-order valence-electron chi connectivity index (χ1n) is 16.7. The summed E-state index contributed by atoms with van der Waals surface area (Å²) in [6, 6.07) is 7.13. The van der Waals surface area contributed by atoms with Crippen molar-refractivity contribution in [3.8, 4) is 0 Å². The molecule has 8 nitrogen and oxygen atoms in total. The van der Waals surface area contributed by atoms with Crippen LogP contribution in [-0.2, 0) is 19.1 Å². The fourth-order valence-electron chi connectivity index (χ4n) is 7.95. The van der Waals surface area contributed by atoms with Gasteiger partial charge in [-0.1, -0.05) is 78.7 Å². The number of rotatable bonds is 12. The van der Waals surface area contributed by atoms with Gasteiger partial charge < -0.3 is 25.2 Å². The highest BCUT2D eigenvalue weighted by Gasteiger charge is 2.72. The van der Waals surface area contributed by atoms with Gasteiger partial charge in [0.05, 0.1) is 17.9 Å². The highest BCUT2D eigenvalue weighted by atomic mass is 16.5. The molecule has 1 spiro atoms. The zero-order valence-electron chi connectivity index (χ0n) is 27.0. The van der Waals surface area contributed by atoms with Crippen molar-refractivity contribution in [1.29, 1.82) is 0 Å². The molecule has 236 valence electrons. The third-order valence-corrected chi connectivity index (χ3v) is 10.5. The van der Waals surface area contributed by atoms with Crippen LogP contribution in [0.3, 0.4) is 0 Å². The summed E-state index contributed by atoms with van der Waals surface area (Å²) >= 11 is 0. The fraction of sp³-hybridized carbons (Fsp3) is 0.686. The van der Waals surface area contributed by atoms with E-state index >= 15 is 0 Å². The third kappa shape index (κ3) is 6.02. The average Bonchev–Trinajstić information content (AvgIpc) is 3.62. The van der Waals surface area contributed by atoms with Gasteiger partial charge in [-0.05, 0) is 67.8 Å². The first-order chi connectivity index (χ1) is 20.6. The fourth-order valence-corrected chi connectivity index (χ4v) is 7.95. The molecule has 43 heavy (non-hydrogen) atoms. The smallest absolute Gasteiger partial charge is 0.246 e. The van der Waals surface area contributed by atoms with E-state index < -0.39 is 29.6 Å². The van der Waals surface area contributed by atoms with Gasteiger partial charge in [0, 0.05) is 24.8 Å². The number of benzene rings is 1. The van der Waals surface area contributed by atoms with Crippen LogP contribution in [0.15, 0.2) is 36.4 Å². The zero-order chi connectivity index (χ0) is 30.9. The number of hydrogen-bond donors (Lipinski definition) is 2. The number of likely N-dealkylation sites (tertiary alicyclic amines) is 1. The molecule has 1 saturated carbocycles. The molecule has 3 fully saturated rings. The van der Waals surface area contributed by atoms with E-state index in [0.717, 1.165) is 38.8 Å². The normalized spacial score (nSPS) is 33.0. The maximum Gasteiger partial charge on any atom is 0.246 e. The molecule has 1 aliphatic carbocycles. The Morgan fingerprint density at radius 2 is 1.74 bits per heavy atom. The molecule has 3 amide bonds. The summed E-state index contributed by atoms with van der Waals surface area (Å²) in [5, 5.41) is 6.41. The first-order valence-corrected chi connectivity index (χ1v) is 16.7. The molecule has 4 aliphatic rings. The minimum atomic E-state index is -1.14. The summed E-state index contributed by atoms with van der Waals surface area (Å²) < 4.78 is 6.57. The Morgan fingerprint density at radius 1 is 1.05 bits per heavy atom. The lowest BCUT2D eigenvalue weighted by atomic mass is 9.73. The van der Waals surface area contributed by atoms with E-state index in [0.29, 0.717) is 36.5 Å². The van der Waals surface area contributed by atoms with Gasteiger partial charge in [-0.3, -0.25) is 14.4 Å². The Bertz CT molecular complexity index is 1190. The van der Waals surface area contributed by atoms with Crippen molar-refractivity contribution in [2.45, 2.75) is 103 Å². The van der Waals surface area contributed by atoms with Crippen LogP contribution in [0, 0.1) is 23.7 Å². The molecule has 8 atom stereocenters. The van der Waals surface area contributed by atoms with E-state index in [1.165, 1.54) is 12.0 Å². The van der Waals surface area contributed by atoms with Crippen LogP contribution in [0.1, 0.15) is 85.1 Å². The Balaban J connectivity index is 1.41. The van der Waals surface area contributed by atoms with E-state index in [1.54, 1.807) is 4.90 Å². The van der Waals surface area contributed by atoms with Gasteiger partial charge in [0.1, 0.15) is 11.6 Å². The monoisotopic (exact) mass is 592 g/mol. The van der Waals surface area contributed by atoms with Crippen LogP contribution >= 0.6 is 0 Å². The second-order valence-corrected chi connectivity index (χ2v) is 13.7. The Morgan fingerprint density at radius 3 is 2.40 bits per heavy atom. The maximum atomic E-state index is 14.3. The SMILES string of the molecule is CCCN(CCC)CCN1C(=O)[C@H]2[C@H](C(=O)Nc3ccc(C(C)C)cc3)[C@H]3C=C[C@@]2(O3)[C@@H]1C(=O)N[C@@H]1CCC[C@H](C)[C@H]1C. The largest absolute Gasteiger partial charge is 0.359 e. The summed E-state index contributed by atoms with van der Waals surface area (Å²) in [6.07, 6.45) is 8.51. The minimum absolute atomic E-state index is 0.0656. The highest BCUT2D eigenvalue weighted by Crippen LogP contribution is 2.55. The summed E-state index contributed by atoms with van der Waals surface area (Å²) in [5.74, 6) is -0.691. The van der Waals surface area contributed by atoms with Gasteiger partial charge in [0.2, 0.25) is 17.7 Å². The van der Waals surface area contributed by atoms with Crippen LogP contribution in [0.25, 0.3) is 0 Å². The molecule has 5 rings (SSSR count). The maximum absolute atomic E-state index is 14.3. The summed E-state index contributed by atoms with van der Waals surface area (Å²) in [4.78, 5) is 46.5. The predicted molar refractivity (Wildman–Crippen MR) is 170 cm³/mol. The van der Waals surface area contributed by atoms with E-state index in [9.17, 15) is 14.4 Å². The third-order valence-electron chi connectivity index (χ3n) is 10.5.